The van der Waals surface area contributed by atoms with E-state index in [2.05, 4.69) is 62.3 Å². The lowest BCUT2D eigenvalue weighted by molar-refractivity contribution is 0.127. The first-order chi connectivity index (χ1) is 12.8. The third-order valence-electron chi connectivity index (χ3n) is 4.99. The molecule has 0 aliphatic carbocycles. The number of hydrogen-bond acceptors (Lipinski definition) is 3. The minimum absolute atomic E-state index is 0. The summed E-state index contributed by atoms with van der Waals surface area (Å²) < 4.78 is 0. The Morgan fingerprint density at radius 2 is 1.78 bits per heavy atom. The van der Waals surface area contributed by atoms with Crippen molar-refractivity contribution in [3.05, 3.63) is 66.0 Å². The van der Waals surface area contributed by atoms with Crippen molar-refractivity contribution in [3.63, 3.8) is 0 Å². The number of halogens is 1. The van der Waals surface area contributed by atoms with Crippen LogP contribution in [-0.4, -0.2) is 54.0 Å². The van der Waals surface area contributed by atoms with Crippen LogP contribution < -0.4 is 5.32 Å². The Morgan fingerprint density at radius 3 is 2.37 bits per heavy atom. The molecule has 0 bridgehead atoms. The summed E-state index contributed by atoms with van der Waals surface area (Å²) in [4.78, 5) is 13.8. The number of rotatable bonds is 5. The molecule has 1 aliphatic heterocycles. The predicted molar refractivity (Wildman–Crippen MR) is 122 cm³/mol. The predicted octanol–water partition coefficient (Wildman–Crippen LogP) is 3.54. The number of guanidine groups is 1. The highest BCUT2D eigenvalue weighted by Crippen LogP contribution is 2.25. The van der Waals surface area contributed by atoms with E-state index < -0.39 is 0 Å². The number of piperazine rings is 1. The van der Waals surface area contributed by atoms with Gasteiger partial charge < -0.3 is 10.2 Å². The highest BCUT2D eigenvalue weighted by atomic mass is 127. The lowest BCUT2D eigenvalue weighted by Crippen LogP contribution is -2.52. The maximum absolute atomic E-state index is 4.46. The number of pyridine rings is 1. The monoisotopic (exact) mass is 479 g/mol. The van der Waals surface area contributed by atoms with Crippen molar-refractivity contribution < 1.29 is 0 Å². The number of benzene rings is 1. The van der Waals surface area contributed by atoms with E-state index in [0.29, 0.717) is 12.6 Å². The fourth-order valence-corrected chi connectivity index (χ4v) is 3.63. The first-order valence-electron chi connectivity index (χ1n) is 9.46. The molecule has 1 aromatic carbocycles. The quantitative estimate of drug-likeness (QED) is 0.405. The maximum Gasteiger partial charge on any atom is 0.194 e. The van der Waals surface area contributed by atoms with Gasteiger partial charge in [0.25, 0.3) is 0 Å². The van der Waals surface area contributed by atoms with E-state index in [1.54, 1.807) is 0 Å². The first kappa shape index (κ1) is 21.6. The average molecular weight is 479 g/mol. The van der Waals surface area contributed by atoms with Gasteiger partial charge in [-0.15, -0.1) is 24.0 Å². The van der Waals surface area contributed by atoms with Crippen molar-refractivity contribution in [2.75, 3.05) is 33.2 Å². The fourth-order valence-electron chi connectivity index (χ4n) is 3.63. The van der Waals surface area contributed by atoms with Gasteiger partial charge in [-0.05, 0) is 24.1 Å². The third kappa shape index (κ3) is 5.90. The van der Waals surface area contributed by atoms with E-state index in [0.717, 1.165) is 44.3 Å². The highest BCUT2D eigenvalue weighted by molar-refractivity contribution is 14.0. The smallest absolute Gasteiger partial charge is 0.194 e. The minimum atomic E-state index is 0. The van der Waals surface area contributed by atoms with Gasteiger partial charge in [-0.2, -0.15) is 0 Å². The summed E-state index contributed by atoms with van der Waals surface area (Å²) in [5.41, 5.74) is 2.45. The number of nitrogens with one attached hydrogen (secondary N) is 1. The SMILES string of the molecule is CCC(c1ccccc1)N1CCN(C(=NC)NCc2ccccn2)CC1.I. The molecule has 1 saturated heterocycles. The Morgan fingerprint density at radius 1 is 1.07 bits per heavy atom. The van der Waals surface area contributed by atoms with Crippen LogP contribution in [0.4, 0.5) is 0 Å². The zero-order valence-electron chi connectivity index (χ0n) is 16.2. The minimum Gasteiger partial charge on any atom is -0.351 e. The maximum atomic E-state index is 4.46. The van der Waals surface area contributed by atoms with Gasteiger partial charge >= 0.3 is 0 Å². The van der Waals surface area contributed by atoms with Gasteiger partial charge in [0.05, 0.1) is 12.2 Å². The highest BCUT2D eigenvalue weighted by Gasteiger charge is 2.25. The fraction of sp³-hybridized carbons (Fsp3) is 0.429. The molecule has 1 fully saturated rings. The van der Waals surface area contributed by atoms with E-state index in [9.17, 15) is 0 Å². The first-order valence-corrected chi connectivity index (χ1v) is 9.46. The molecule has 6 heteroatoms. The van der Waals surface area contributed by atoms with E-state index in [1.807, 2.05) is 31.4 Å². The van der Waals surface area contributed by atoms with Gasteiger partial charge in [0, 0.05) is 45.5 Å². The molecule has 1 aliphatic rings. The van der Waals surface area contributed by atoms with Gasteiger partial charge in [0.15, 0.2) is 5.96 Å². The van der Waals surface area contributed by atoms with Crippen LogP contribution in [0.2, 0.25) is 0 Å². The van der Waals surface area contributed by atoms with Gasteiger partial charge in [-0.25, -0.2) is 0 Å². The normalized spacial score (nSPS) is 16.5. The van der Waals surface area contributed by atoms with Crippen LogP contribution in [0.1, 0.15) is 30.6 Å². The number of nitrogens with zero attached hydrogens (tertiary/aromatic N) is 4. The van der Waals surface area contributed by atoms with Crippen molar-refractivity contribution in [2.45, 2.75) is 25.9 Å². The molecule has 5 nitrogen and oxygen atoms in total. The summed E-state index contributed by atoms with van der Waals surface area (Å²) in [6, 6.07) is 17.3. The summed E-state index contributed by atoms with van der Waals surface area (Å²) in [5, 5.41) is 3.44. The largest absolute Gasteiger partial charge is 0.351 e. The third-order valence-corrected chi connectivity index (χ3v) is 4.99. The Labute approximate surface area is 179 Å². The second kappa shape index (κ2) is 11.2. The van der Waals surface area contributed by atoms with E-state index in [1.165, 1.54) is 5.56 Å². The van der Waals surface area contributed by atoms with Crippen LogP contribution in [0, 0.1) is 0 Å². The second-order valence-corrected chi connectivity index (χ2v) is 6.58. The van der Waals surface area contributed by atoms with Gasteiger partial charge in [-0.3, -0.25) is 14.9 Å². The van der Waals surface area contributed by atoms with Crippen LogP contribution in [0.5, 0.6) is 0 Å². The molecule has 0 saturated carbocycles. The van der Waals surface area contributed by atoms with Crippen molar-refractivity contribution in [2.24, 2.45) is 4.99 Å². The van der Waals surface area contributed by atoms with Crippen LogP contribution in [0.3, 0.4) is 0 Å². The molecule has 27 heavy (non-hydrogen) atoms. The van der Waals surface area contributed by atoms with E-state index in [-0.39, 0.29) is 24.0 Å². The molecule has 146 valence electrons. The Bertz CT molecular complexity index is 684. The Kier molecular flexibility index (Phi) is 9.00. The zero-order valence-corrected chi connectivity index (χ0v) is 18.5. The molecule has 1 atom stereocenters. The number of hydrogen-bond donors (Lipinski definition) is 1. The van der Waals surface area contributed by atoms with Crippen LogP contribution in [0.25, 0.3) is 0 Å². The average Bonchev–Trinajstić information content (AvgIpc) is 2.72. The number of aromatic nitrogens is 1. The second-order valence-electron chi connectivity index (χ2n) is 6.58. The summed E-state index contributed by atoms with van der Waals surface area (Å²) >= 11 is 0. The van der Waals surface area contributed by atoms with Crippen molar-refractivity contribution in [3.8, 4) is 0 Å². The molecule has 2 aromatic rings. The molecule has 1 unspecified atom stereocenters. The molecular formula is C21H30IN5. The zero-order chi connectivity index (χ0) is 18.2. The standard InChI is InChI=1S/C21H29N5.HI/c1-3-20(18-9-5-4-6-10-18)25-13-15-26(16-14-25)21(22-2)24-17-19-11-7-8-12-23-19;/h4-12,20H,3,13-17H2,1-2H3,(H,22,24);1H. The Hall–Kier alpha value is -1.67. The van der Waals surface area contributed by atoms with Crippen molar-refractivity contribution in [1.82, 2.24) is 20.1 Å². The topological polar surface area (TPSA) is 43.8 Å². The van der Waals surface area contributed by atoms with Crippen LogP contribution in [0.15, 0.2) is 59.7 Å². The molecule has 0 radical (unpaired) electrons. The Balaban J connectivity index is 0.00000261. The van der Waals surface area contributed by atoms with Crippen molar-refractivity contribution >= 4 is 29.9 Å². The van der Waals surface area contributed by atoms with E-state index >= 15 is 0 Å². The molecule has 1 N–H and O–H groups in total. The summed E-state index contributed by atoms with van der Waals surface area (Å²) in [7, 11) is 1.85. The van der Waals surface area contributed by atoms with Crippen LogP contribution in [-0.2, 0) is 6.54 Å². The van der Waals surface area contributed by atoms with Crippen LogP contribution >= 0.6 is 24.0 Å². The number of aliphatic imine (C=N–C) groups is 1. The van der Waals surface area contributed by atoms with Gasteiger partial charge in [0.2, 0.25) is 0 Å². The van der Waals surface area contributed by atoms with Gasteiger partial charge in [0.1, 0.15) is 0 Å². The molecule has 2 heterocycles. The summed E-state index contributed by atoms with van der Waals surface area (Å²) in [6.07, 6.45) is 2.96. The van der Waals surface area contributed by atoms with E-state index in [4.69, 9.17) is 0 Å². The van der Waals surface area contributed by atoms with Gasteiger partial charge in [-0.1, -0.05) is 43.3 Å². The van der Waals surface area contributed by atoms with Crippen molar-refractivity contribution in [1.29, 1.82) is 0 Å². The molecule has 0 spiro atoms. The lowest BCUT2D eigenvalue weighted by atomic mass is 10.0. The molecular weight excluding hydrogens is 449 g/mol. The molecule has 3 rings (SSSR count). The summed E-state index contributed by atoms with van der Waals surface area (Å²) in [5.74, 6) is 0.961. The summed E-state index contributed by atoms with van der Waals surface area (Å²) in [6.45, 7) is 7.07. The molecule has 0 amide bonds. The lowest BCUT2D eigenvalue weighted by Gasteiger charge is -2.40. The molecule has 1 aromatic heterocycles.